The number of urea groups is 1. The molecule has 1 atom stereocenters. The van der Waals surface area contributed by atoms with Crippen LogP contribution >= 0.6 is 0 Å². The van der Waals surface area contributed by atoms with Gasteiger partial charge in [-0.1, -0.05) is 0 Å². The molecule has 0 aliphatic carbocycles. The maximum absolute atomic E-state index is 11.7. The average Bonchev–Trinajstić information content (AvgIpc) is 2.41. The van der Waals surface area contributed by atoms with Crippen LogP contribution in [0.1, 0.15) is 12.8 Å². The topological polar surface area (TPSA) is 125 Å². The number of likely N-dealkylation sites (N-methyl/N-ethyl adjacent to an activating group) is 2. The standard InChI is InChI=1S/C11H19N3O6/c1-12-8(15)6-14(2)11(19)13-7(10(17)18)4-5-9(16)20-3/h7H,4-6H2,1-3H3,(H,12,15)(H,13,19)(H,17,18)/t7-/m1/s1. The predicted octanol–water partition coefficient (Wildman–Crippen LogP) is -1.22. The maximum Gasteiger partial charge on any atom is 0.326 e. The Morgan fingerprint density at radius 1 is 1.30 bits per heavy atom. The first-order valence-electron chi connectivity index (χ1n) is 5.83. The first kappa shape index (κ1) is 17.7. The highest BCUT2D eigenvalue weighted by Gasteiger charge is 2.23. The minimum Gasteiger partial charge on any atom is -0.480 e. The zero-order valence-corrected chi connectivity index (χ0v) is 11.6. The molecule has 0 radical (unpaired) electrons. The summed E-state index contributed by atoms with van der Waals surface area (Å²) in [6.45, 7) is -0.203. The van der Waals surface area contributed by atoms with Crippen molar-refractivity contribution in [1.29, 1.82) is 0 Å². The molecule has 0 aromatic carbocycles. The zero-order chi connectivity index (χ0) is 15.7. The predicted molar refractivity (Wildman–Crippen MR) is 67.9 cm³/mol. The van der Waals surface area contributed by atoms with Crippen molar-refractivity contribution in [3.63, 3.8) is 0 Å². The van der Waals surface area contributed by atoms with E-state index in [9.17, 15) is 19.2 Å². The lowest BCUT2D eigenvalue weighted by Crippen LogP contribution is -2.49. The fraction of sp³-hybridized carbons (Fsp3) is 0.636. The number of carboxylic acid groups (broad SMARTS) is 1. The van der Waals surface area contributed by atoms with Crippen molar-refractivity contribution in [2.45, 2.75) is 18.9 Å². The lowest BCUT2D eigenvalue weighted by molar-refractivity contribution is -0.142. The van der Waals surface area contributed by atoms with Crippen LogP contribution in [-0.2, 0) is 19.1 Å². The van der Waals surface area contributed by atoms with Gasteiger partial charge in [-0.3, -0.25) is 9.59 Å². The van der Waals surface area contributed by atoms with Crippen molar-refractivity contribution in [2.75, 3.05) is 27.7 Å². The van der Waals surface area contributed by atoms with Crippen LogP contribution in [0, 0.1) is 0 Å². The van der Waals surface area contributed by atoms with Gasteiger partial charge in [-0.05, 0) is 6.42 Å². The van der Waals surface area contributed by atoms with E-state index in [1.165, 1.54) is 21.2 Å². The Balaban J connectivity index is 4.43. The van der Waals surface area contributed by atoms with Crippen LogP contribution in [-0.4, -0.2) is 67.7 Å². The Hall–Kier alpha value is -2.32. The van der Waals surface area contributed by atoms with Gasteiger partial charge in [0.05, 0.1) is 7.11 Å². The van der Waals surface area contributed by atoms with E-state index in [0.717, 1.165) is 4.90 Å². The van der Waals surface area contributed by atoms with Crippen LogP contribution in [0.3, 0.4) is 0 Å². The van der Waals surface area contributed by atoms with Gasteiger partial charge in [0.1, 0.15) is 12.6 Å². The number of esters is 1. The summed E-state index contributed by atoms with van der Waals surface area (Å²) in [6, 6.07) is -1.94. The number of nitrogens with zero attached hydrogens (tertiary/aromatic N) is 1. The summed E-state index contributed by atoms with van der Waals surface area (Å²) in [7, 11) is 3.96. The minimum atomic E-state index is -1.27. The van der Waals surface area contributed by atoms with Gasteiger partial charge in [0.15, 0.2) is 0 Å². The highest BCUT2D eigenvalue weighted by Crippen LogP contribution is 2.00. The number of carboxylic acids is 1. The second-order valence-electron chi connectivity index (χ2n) is 3.98. The summed E-state index contributed by atoms with van der Waals surface area (Å²) in [4.78, 5) is 45.7. The molecule has 0 aliphatic rings. The molecule has 9 heteroatoms. The molecule has 0 saturated carbocycles. The van der Waals surface area contributed by atoms with Gasteiger partial charge in [0, 0.05) is 20.5 Å². The van der Waals surface area contributed by atoms with E-state index >= 15 is 0 Å². The first-order chi connectivity index (χ1) is 9.31. The number of hydrogen-bond donors (Lipinski definition) is 3. The van der Waals surface area contributed by atoms with Gasteiger partial charge in [-0.15, -0.1) is 0 Å². The normalized spacial score (nSPS) is 11.2. The van der Waals surface area contributed by atoms with Gasteiger partial charge >= 0.3 is 18.0 Å². The Morgan fingerprint density at radius 3 is 2.35 bits per heavy atom. The molecule has 3 N–H and O–H groups in total. The van der Waals surface area contributed by atoms with E-state index in [2.05, 4.69) is 15.4 Å². The van der Waals surface area contributed by atoms with Crippen LogP contribution in [0.5, 0.6) is 0 Å². The second-order valence-corrected chi connectivity index (χ2v) is 3.98. The van der Waals surface area contributed by atoms with Crippen LogP contribution in [0.2, 0.25) is 0 Å². The van der Waals surface area contributed by atoms with E-state index in [0.29, 0.717) is 0 Å². The summed E-state index contributed by atoms with van der Waals surface area (Å²) in [5, 5.41) is 13.5. The van der Waals surface area contributed by atoms with Gasteiger partial charge in [-0.2, -0.15) is 0 Å². The van der Waals surface area contributed by atoms with Crippen molar-refractivity contribution in [3.8, 4) is 0 Å². The number of amides is 3. The molecule has 0 saturated heterocycles. The molecule has 0 spiro atoms. The molecule has 114 valence electrons. The molecule has 0 rings (SSSR count). The third-order valence-corrected chi connectivity index (χ3v) is 2.47. The van der Waals surface area contributed by atoms with Gasteiger partial charge in [0.25, 0.3) is 0 Å². The largest absolute Gasteiger partial charge is 0.480 e. The molecule has 0 aromatic rings. The molecule has 0 unspecified atom stereocenters. The number of hydrogen-bond acceptors (Lipinski definition) is 5. The Labute approximate surface area is 116 Å². The van der Waals surface area contributed by atoms with Crippen molar-refractivity contribution in [3.05, 3.63) is 0 Å². The van der Waals surface area contributed by atoms with Crippen LogP contribution in [0.15, 0.2) is 0 Å². The van der Waals surface area contributed by atoms with E-state index in [1.54, 1.807) is 0 Å². The summed E-state index contributed by atoms with van der Waals surface area (Å²) in [6.07, 6.45) is -0.228. The third-order valence-electron chi connectivity index (χ3n) is 2.47. The fourth-order valence-electron chi connectivity index (χ4n) is 1.25. The lowest BCUT2D eigenvalue weighted by Gasteiger charge is -2.20. The SMILES string of the molecule is CNC(=O)CN(C)C(=O)N[C@H](CCC(=O)OC)C(=O)O. The molecule has 20 heavy (non-hydrogen) atoms. The molecule has 0 aliphatic heterocycles. The number of nitrogens with one attached hydrogen (secondary N) is 2. The van der Waals surface area contributed by atoms with Crippen LogP contribution in [0.25, 0.3) is 0 Å². The summed E-state index contributed by atoms with van der Waals surface area (Å²) in [5.74, 6) is -2.22. The second kappa shape index (κ2) is 8.73. The van der Waals surface area contributed by atoms with E-state index in [-0.39, 0.29) is 25.3 Å². The van der Waals surface area contributed by atoms with E-state index in [4.69, 9.17) is 5.11 Å². The van der Waals surface area contributed by atoms with Gasteiger partial charge in [0.2, 0.25) is 5.91 Å². The smallest absolute Gasteiger partial charge is 0.326 e. The molecular formula is C11H19N3O6. The Bertz CT molecular complexity index is 384. The molecule has 3 amide bonds. The zero-order valence-electron chi connectivity index (χ0n) is 11.6. The highest BCUT2D eigenvalue weighted by molar-refractivity contribution is 5.86. The third kappa shape index (κ3) is 6.57. The molecule has 9 nitrogen and oxygen atoms in total. The van der Waals surface area contributed by atoms with Crippen molar-refractivity contribution in [2.24, 2.45) is 0 Å². The minimum absolute atomic E-state index is 0.0957. The number of aliphatic carboxylic acids is 1. The average molecular weight is 289 g/mol. The van der Waals surface area contributed by atoms with E-state index < -0.39 is 24.0 Å². The summed E-state index contributed by atoms with van der Waals surface area (Å²) in [5.41, 5.74) is 0. The van der Waals surface area contributed by atoms with E-state index in [1.807, 2.05) is 0 Å². The maximum atomic E-state index is 11.7. The number of rotatable bonds is 7. The summed E-state index contributed by atoms with van der Waals surface area (Å²) >= 11 is 0. The fourth-order valence-corrected chi connectivity index (χ4v) is 1.25. The van der Waals surface area contributed by atoms with Crippen molar-refractivity contribution < 1.29 is 29.0 Å². The number of carbonyl (C=O) groups is 4. The Kier molecular flexibility index (Phi) is 7.71. The number of ether oxygens (including phenoxy) is 1. The van der Waals surface area contributed by atoms with Gasteiger partial charge < -0.3 is 25.4 Å². The molecule has 0 aromatic heterocycles. The molecule has 0 bridgehead atoms. The number of methoxy groups -OCH3 is 1. The summed E-state index contributed by atoms with van der Waals surface area (Å²) < 4.78 is 4.39. The lowest BCUT2D eigenvalue weighted by atomic mass is 10.1. The van der Waals surface area contributed by atoms with Crippen molar-refractivity contribution in [1.82, 2.24) is 15.5 Å². The highest BCUT2D eigenvalue weighted by atomic mass is 16.5. The monoisotopic (exact) mass is 289 g/mol. The quantitative estimate of drug-likeness (QED) is 0.504. The van der Waals surface area contributed by atoms with Gasteiger partial charge in [-0.25, -0.2) is 9.59 Å². The Morgan fingerprint density at radius 2 is 1.90 bits per heavy atom. The molecule has 0 heterocycles. The van der Waals surface area contributed by atoms with Crippen LogP contribution < -0.4 is 10.6 Å². The van der Waals surface area contributed by atoms with Crippen LogP contribution in [0.4, 0.5) is 4.79 Å². The first-order valence-corrected chi connectivity index (χ1v) is 5.83. The molecular weight excluding hydrogens is 270 g/mol. The molecule has 0 fully saturated rings. The number of carbonyl (C=O) groups excluding carboxylic acids is 3. The van der Waals surface area contributed by atoms with Crippen molar-refractivity contribution >= 4 is 23.9 Å².